The molecule has 0 radical (unpaired) electrons. The van der Waals surface area contributed by atoms with Crippen LogP contribution in [-0.2, 0) is 0 Å². The molecule has 0 aromatic carbocycles. The van der Waals surface area contributed by atoms with E-state index in [1.165, 1.54) is 0 Å². The Bertz CT molecular complexity index is 436. The first-order valence-electron chi connectivity index (χ1n) is 5.68. The number of pyridine rings is 1. The molecule has 0 aliphatic carbocycles. The lowest BCUT2D eigenvalue weighted by Gasteiger charge is -2.22. The zero-order chi connectivity index (χ0) is 13.8. The van der Waals surface area contributed by atoms with Crippen LogP contribution >= 0.6 is 0 Å². The highest BCUT2D eigenvalue weighted by Crippen LogP contribution is 2.12. The molecule has 4 nitrogen and oxygen atoms in total. The van der Waals surface area contributed by atoms with Crippen LogP contribution in [0.4, 0.5) is 8.78 Å². The van der Waals surface area contributed by atoms with E-state index in [9.17, 15) is 18.7 Å². The van der Waals surface area contributed by atoms with Crippen LogP contribution in [0.15, 0.2) is 12.3 Å². The summed E-state index contributed by atoms with van der Waals surface area (Å²) in [5, 5.41) is 12.2. The van der Waals surface area contributed by atoms with Crippen LogP contribution in [0.1, 0.15) is 37.0 Å². The summed E-state index contributed by atoms with van der Waals surface area (Å²) in [7, 11) is 0. The SMILES string of the molecule is CCCC(C)(O)CNC(=O)c1ccnc(F)c1F. The summed E-state index contributed by atoms with van der Waals surface area (Å²) in [6.07, 6.45) is 2.26. The van der Waals surface area contributed by atoms with E-state index in [-0.39, 0.29) is 6.54 Å². The lowest BCUT2D eigenvalue weighted by Crippen LogP contribution is -2.40. The number of carbonyl (C=O) groups is 1. The fourth-order valence-corrected chi connectivity index (χ4v) is 1.59. The van der Waals surface area contributed by atoms with Gasteiger partial charge in [0, 0.05) is 12.7 Å². The van der Waals surface area contributed by atoms with Crippen LogP contribution < -0.4 is 5.32 Å². The molecular formula is C12H16F2N2O2. The highest BCUT2D eigenvalue weighted by Gasteiger charge is 2.22. The van der Waals surface area contributed by atoms with E-state index in [2.05, 4.69) is 10.3 Å². The molecule has 2 N–H and O–H groups in total. The Kier molecular flexibility index (Phi) is 4.72. The predicted molar refractivity (Wildman–Crippen MR) is 62.0 cm³/mol. The highest BCUT2D eigenvalue weighted by molar-refractivity contribution is 5.94. The molecule has 0 fully saturated rings. The summed E-state index contributed by atoms with van der Waals surface area (Å²) in [5.74, 6) is -3.38. The highest BCUT2D eigenvalue weighted by atomic mass is 19.2. The molecule has 0 spiro atoms. The second-order valence-electron chi connectivity index (χ2n) is 4.39. The molecule has 1 heterocycles. The average Bonchev–Trinajstić information content (AvgIpc) is 2.30. The molecule has 0 bridgehead atoms. The van der Waals surface area contributed by atoms with Crippen molar-refractivity contribution in [3.8, 4) is 0 Å². The maximum atomic E-state index is 13.3. The number of aromatic nitrogens is 1. The molecule has 1 unspecified atom stereocenters. The molecule has 1 rings (SSSR count). The normalized spacial score (nSPS) is 14.1. The zero-order valence-corrected chi connectivity index (χ0v) is 10.3. The van der Waals surface area contributed by atoms with Crippen LogP contribution in [0, 0.1) is 11.8 Å². The number of nitrogens with one attached hydrogen (secondary N) is 1. The third-order valence-corrected chi connectivity index (χ3v) is 2.51. The van der Waals surface area contributed by atoms with Gasteiger partial charge in [0.25, 0.3) is 5.91 Å². The van der Waals surface area contributed by atoms with Crippen molar-refractivity contribution in [3.63, 3.8) is 0 Å². The first-order chi connectivity index (χ1) is 8.37. The first kappa shape index (κ1) is 14.5. The molecule has 1 aromatic heterocycles. The van der Waals surface area contributed by atoms with E-state index < -0.39 is 28.8 Å². The first-order valence-corrected chi connectivity index (χ1v) is 5.68. The van der Waals surface area contributed by atoms with Crippen molar-refractivity contribution < 1.29 is 18.7 Å². The van der Waals surface area contributed by atoms with Crippen LogP contribution in [0.3, 0.4) is 0 Å². The molecule has 1 amide bonds. The van der Waals surface area contributed by atoms with Gasteiger partial charge in [-0.3, -0.25) is 4.79 Å². The van der Waals surface area contributed by atoms with E-state index in [0.717, 1.165) is 18.7 Å². The molecule has 6 heteroatoms. The van der Waals surface area contributed by atoms with Crippen molar-refractivity contribution in [1.82, 2.24) is 10.3 Å². The maximum absolute atomic E-state index is 13.3. The number of carbonyl (C=O) groups excluding carboxylic acids is 1. The van der Waals surface area contributed by atoms with Crippen molar-refractivity contribution in [2.45, 2.75) is 32.3 Å². The van der Waals surface area contributed by atoms with Gasteiger partial charge >= 0.3 is 0 Å². The maximum Gasteiger partial charge on any atom is 0.254 e. The lowest BCUT2D eigenvalue weighted by atomic mass is 10.0. The van der Waals surface area contributed by atoms with Crippen LogP contribution in [0.25, 0.3) is 0 Å². The summed E-state index contributed by atoms with van der Waals surface area (Å²) < 4.78 is 26.1. The number of hydrogen-bond acceptors (Lipinski definition) is 3. The Morgan fingerprint density at radius 3 is 2.83 bits per heavy atom. The van der Waals surface area contributed by atoms with Gasteiger partial charge in [-0.2, -0.15) is 4.39 Å². The van der Waals surface area contributed by atoms with Gasteiger partial charge in [0.1, 0.15) is 0 Å². The second-order valence-corrected chi connectivity index (χ2v) is 4.39. The Hall–Kier alpha value is -1.56. The van der Waals surface area contributed by atoms with Crippen molar-refractivity contribution in [3.05, 3.63) is 29.6 Å². The van der Waals surface area contributed by atoms with Gasteiger partial charge in [-0.05, 0) is 19.4 Å². The lowest BCUT2D eigenvalue weighted by molar-refractivity contribution is 0.0468. The van der Waals surface area contributed by atoms with Gasteiger partial charge in [0.05, 0.1) is 11.2 Å². The molecule has 100 valence electrons. The number of amides is 1. The molecular weight excluding hydrogens is 242 g/mol. The number of halogens is 2. The van der Waals surface area contributed by atoms with Crippen LogP contribution in [0.2, 0.25) is 0 Å². The van der Waals surface area contributed by atoms with Crippen LogP contribution in [0.5, 0.6) is 0 Å². The summed E-state index contributed by atoms with van der Waals surface area (Å²) in [6.45, 7) is 3.44. The van der Waals surface area contributed by atoms with E-state index in [4.69, 9.17) is 0 Å². The standard InChI is InChI=1S/C12H16F2N2O2/c1-3-5-12(2,18)7-16-11(17)8-4-6-15-10(14)9(8)13/h4,6,18H,3,5,7H2,1-2H3,(H,16,17). The summed E-state index contributed by atoms with van der Waals surface area (Å²) in [5.41, 5.74) is -1.48. The number of nitrogens with zero attached hydrogens (tertiary/aromatic N) is 1. The minimum Gasteiger partial charge on any atom is -0.388 e. The van der Waals surface area contributed by atoms with Gasteiger partial charge in [0.15, 0.2) is 5.82 Å². The molecule has 0 aliphatic heterocycles. The Morgan fingerprint density at radius 2 is 2.22 bits per heavy atom. The topological polar surface area (TPSA) is 62.2 Å². The minimum absolute atomic E-state index is 0.0247. The quantitative estimate of drug-likeness (QED) is 0.789. The fourth-order valence-electron chi connectivity index (χ4n) is 1.59. The third-order valence-electron chi connectivity index (χ3n) is 2.51. The predicted octanol–water partition coefficient (Wildman–Crippen LogP) is 1.64. The van der Waals surface area contributed by atoms with Gasteiger partial charge in [-0.1, -0.05) is 13.3 Å². The van der Waals surface area contributed by atoms with Gasteiger partial charge in [0.2, 0.25) is 5.95 Å². The minimum atomic E-state index is -1.32. The zero-order valence-electron chi connectivity index (χ0n) is 10.3. The van der Waals surface area contributed by atoms with Gasteiger partial charge in [-0.25, -0.2) is 9.37 Å². The Balaban J connectivity index is 2.69. The Labute approximate surface area is 104 Å². The second kappa shape index (κ2) is 5.86. The molecule has 1 aromatic rings. The van der Waals surface area contributed by atoms with Crippen molar-refractivity contribution in [2.75, 3.05) is 6.54 Å². The van der Waals surface area contributed by atoms with E-state index >= 15 is 0 Å². The number of aliphatic hydroxyl groups is 1. The van der Waals surface area contributed by atoms with Crippen molar-refractivity contribution in [2.24, 2.45) is 0 Å². The monoisotopic (exact) mass is 258 g/mol. The molecule has 0 aliphatic rings. The van der Waals surface area contributed by atoms with Gasteiger partial charge < -0.3 is 10.4 Å². The average molecular weight is 258 g/mol. The van der Waals surface area contributed by atoms with E-state index in [0.29, 0.717) is 6.42 Å². The number of hydrogen-bond donors (Lipinski definition) is 2. The van der Waals surface area contributed by atoms with E-state index in [1.807, 2.05) is 6.92 Å². The smallest absolute Gasteiger partial charge is 0.254 e. The largest absolute Gasteiger partial charge is 0.388 e. The van der Waals surface area contributed by atoms with Gasteiger partial charge in [-0.15, -0.1) is 0 Å². The Morgan fingerprint density at radius 1 is 1.56 bits per heavy atom. The molecule has 0 saturated carbocycles. The van der Waals surface area contributed by atoms with Crippen molar-refractivity contribution >= 4 is 5.91 Å². The molecule has 18 heavy (non-hydrogen) atoms. The summed E-state index contributed by atoms with van der Waals surface area (Å²) in [4.78, 5) is 14.7. The summed E-state index contributed by atoms with van der Waals surface area (Å²) in [6, 6.07) is 1.09. The molecule has 1 atom stereocenters. The fraction of sp³-hybridized carbons (Fsp3) is 0.500. The van der Waals surface area contributed by atoms with E-state index in [1.54, 1.807) is 6.92 Å². The number of rotatable bonds is 5. The van der Waals surface area contributed by atoms with Crippen molar-refractivity contribution in [1.29, 1.82) is 0 Å². The van der Waals surface area contributed by atoms with Crippen LogP contribution in [-0.4, -0.2) is 28.1 Å². The molecule has 0 saturated heterocycles. The third kappa shape index (κ3) is 3.73. The summed E-state index contributed by atoms with van der Waals surface area (Å²) >= 11 is 0.